The third-order valence-corrected chi connectivity index (χ3v) is 1.89. The van der Waals surface area contributed by atoms with E-state index in [0.29, 0.717) is 0 Å². The summed E-state index contributed by atoms with van der Waals surface area (Å²) in [5, 5.41) is 10.7. The molecule has 0 heterocycles. The Morgan fingerprint density at radius 1 is 1.18 bits per heavy atom. The third kappa shape index (κ3) is 3.83. The molecule has 0 saturated heterocycles. The number of hydrogen-bond donors (Lipinski definition) is 1. The van der Waals surface area contributed by atoms with Crippen molar-refractivity contribution in [2.75, 3.05) is 0 Å². The van der Waals surface area contributed by atoms with Gasteiger partial charge in [-0.2, -0.15) is 0 Å². The topological polar surface area (TPSA) is 83.8 Å². The number of carbonyl (C=O) groups is 2. The molecule has 0 aromatic heterocycles. The van der Waals surface area contributed by atoms with Crippen LogP contribution in [0.25, 0.3) is 6.08 Å². The van der Waals surface area contributed by atoms with Crippen molar-refractivity contribution in [3.8, 4) is 0 Å². The van der Waals surface area contributed by atoms with E-state index in [1.807, 2.05) is 30.3 Å². The Morgan fingerprint density at radius 3 is 2.35 bits per heavy atom. The Morgan fingerprint density at radius 2 is 1.82 bits per heavy atom. The lowest BCUT2D eigenvalue weighted by Gasteiger charge is -1.92. The molecule has 1 aromatic carbocycles. The number of carbonyl (C=O) groups excluding carboxylic acids is 1. The van der Waals surface area contributed by atoms with E-state index in [1.54, 1.807) is 6.08 Å². The molecule has 0 aliphatic carbocycles. The van der Waals surface area contributed by atoms with Crippen LogP contribution in [-0.2, 0) is 9.59 Å². The first-order chi connectivity index (χ1) is 8.15. The normalized spacial score (nSPS) is 11.4. The van der Waals surface area contributed by atoms with Gasteiger partial charge in [-0.25, -0.2) is 4.79 Å². The number of carboxylic acids is 1. The molecule has 17 heavy (non-hydrogen) atoms. The number of carboxylic acid groups (broad SMARTS) is 1. The van der Waals surface area contributed by atoms with Crippen molar-refractivity contribution in [3.63, 3.8) is 0 Å². The molecule has 5 heteroatoms. The second-order valence-electron chi connectivity index (χ2n) is 3.05. The van der Waals surface area contributed by atoms with Crippen LogP contribution < -0.4 is 0 Å². The van der Waals surface area contributed by atoms with Gasteiger partial charge in [-0.3, -0.25) is 4.79 Å². The van der Waals surface area contributed by atoms with Gasteiger partial charge in [0.1, 0.15) is 5.57 Å². The Labute approximate surface area is 97.1 Å². The summed E-state index contributed by atoms with van der Waals surface area (Å²) in [5.74, 6) is -2.78. The summed E-state index contributed by atoms with van der Waals surface area (Å²) >= 11 is 0. The highest BCUT2D eigenvalue weighted by atomic mass is 16.4. The maximum atomic E-state index is 10.8. The van der Waals surface area contributed by atoms with Gasteiger partial charge >= 0.3 is 11.9 Å². The number of nitrogens with zero attached hydrogens (tertiary/aromatic N) is 1. The second kappa shape index (κ2) is 6.12. The molecule has 0 fully saturated rings. The van der Waals surface area contributed by atoms with Crippen LogP contribution in [0.2, 0.25) is 0 Å². The van der Waals surface area contributed by atoms with Crippen molar-refractivity contribution in [2.24, 2.45) is 5.18 Å². The van der Waals surface area contributed by atoms with Gasteiger partial charge in [0.05, 0.1) is 0 Å². The standard InChI is InChI=1S/C12H9NO4/c14-11(13-17)10(12(15)16)8-4-7-9-5-2-1-3-6-9/h1-8H,(H,15,16)/b7-4+,10-8-. The SMILES string of the molecule is O=NC(=O)/C(=C/C=C/c1ccccc1)C(=O)O. The Balaban J connectivity index is 2.87. The average molecular weight is 231 g/mol. The molecule has 1 amide bonds. The predicted molar refractivity (Wildman–Crippen MR) is 62.0 cm³/mol. The van der Waals surface area contributed by atoms with E-state index in [1.165, 1.54) is 6.08 Å². The fraction of sp³-hybridized carbons (Fsp3) is 0. The molecule has 0 unspecified atom stereocenters. The van der Waals surface area contributed by atoms with E-state index < -0.39 is 17.4 Å². The fourth-order valence-corrected chi connectivity index (χ4v) is 1.10. The second-order valence-corrected chi connectivity index (χ2v) is 3.05. The smallest absolute Gasteiger partial charge is 0.341 e. The summed E-state index contributed by atoms with van der Waals surface area (Å²) in [6.45, 7) is 0. The maximum Gasteiger partial charge on any atom is 0.341 e. The van der Waals surface area contributed by atoms with Gasteiger partial charge in [-0.15, -0.1) is 4.91 Å². The van der Waals surface area contributed by atoms with E-state index in [9.17, 15) is 14.5 Å². The third-order valence-electron chi connectivity index (χ3n) is 1.89. The molecular weight excluding hydrogens is 222 g/mol. The lowest BCUT2D eigenvalue weighted by Crippen LogP contribution is -2.09. The van der Waals surface area contributed by atoms with Crippen LogP contribution in [0, 0.1) is 4.91 Å². The molecule has 1 N–H and O–H groups in total. The summed E-state index contributed by atoms with van der Waals surface area (Å²) < 4.78 is 0. The molecular formula is C12H9NO4. The summed E-state index contributed by atoms with van der Waals surface area (Å²) in [6.07, 6.45) is 4.03. The van der Waals surface area contributed by atoms with E-state index in [2.05, 4.69) is 5.18 Å². The molecule has 5 nitrogen and oxygen atoms in total. The molecule has 0 saturated carbocycles. The van der Waals surface area contributed by atoms with E-state index >= 15 is 0 Å². The largest absolute Gasteiger partial charge is 0.477 e. The van der Waals surface area contributed by atoms with Gasteiger partial charge < -0.3 is 5.11 Å². The first kappa shape index (κ1) is 12.5. The minimum Gasteiger partial charge on any atom is -0.477 e. The number of amides is 1. The molecule has 0 radical (unpaired) electrons. The molecule has 0 aliphatic rings. The number of aliphatic carboxylic acids is 1. The van der Waals surface area contributed by atoms with Crippen LogP contribution in [-0.4, -0.2) is 17.0 Å². The fourth-order valence-electron chi connectivity index (χ4n) is 1.10. The van der Waals surface area contributed by atoms with Gasteiger partial charge in [0.2, 0.25) is 0 Å². The molecule has 1 aromatic rings. The lowest BCUT2D eigenvalue weighted by molar-refractivity contribution is -0.134. The summed E-state index contributed by atoms with van der Waals surface area (Å²) in [4.78, 5) is 31.4. The van der Waals surface area contributed by atoms with Crippen molar-refractivity contribution in [3.05, 3.63) is 58.5 Å². The van der Waals surface area contributed by atoms with E-state index in [0.717, 1.165) is 11.6 Å². The van der Waals surface area contributed by atoms with Crippen molar-refractivity contribution < 1.29 is 14.7 Å². The van der Waals surface area contributed by atoms with Crippen molar-refractivity contribution in [2.45, 2.75) is 0 Å². The van der Waals surface area contributed by atoms with Crippen molar-refractivity contribution in [1.29, 1.82) is 0 Å². The van der Waals surface area contributed by atoms with Gasteiger partial charge in [0.15, 0.2) is 0 Å². The monoisotopic (exact) mass is 231 g/mol. The number of allylic oxidation sites excluding steroid dienone is 2. The maximum absolute atomic E-state index is 10.8. The highest BCUT2D eigenvalue weighted by Gasteiger charge is 2.16. The molecule has 0 spiro atoms. The highest BCUT2D eigenvalue weighted by molar-refractivity contribution is 6.16. The molecule has 0 atom stereocenters. The number of nitroso groups, excluding NO2 is 1. The summed E-state index contributed by atoms with van der Waals surface area (Å²) in [6, 6.07) is 9.10. The summed E-state index contributed by atoms with van der Waals surface area (Å²) in [7, 11) is 0. The zero-order valence-electron chi connectivity index (χ0n) is 8.74. The minimum absolute atomic E-state index is 0.660. The Bertz CT molecular complexity index is 488. The van der Waals surface area contributed by atoms with Crippen molar-refractivity contribution >= 4 is 18.0 Å². The number of benzene rings is 1. The van der Waals surface area contributed by atoms with Gasteiger partial charge in [-0.1, -0.05) is 42.5 Å². The zero-order valence-corrected chi connectivity index (χ0v) is 8.74. The lowest BCUT2D eigenvalue weighted by atomic mass is 10.2. The quantitative estimate of drug-likeness (QED) is 0.282. The predicted octanol–water partition coefficient (Wildman–Crippen LogP) is 2.00. The zero-order chi connectivity index (χ0) is 12.7. The van der Waals surface area contributed by atoms with Crippen molar-refractivity contribution in [1.82, 2.24) is 0 Å². The van der Waals surface area contributed by atoms with Gasteiger partial charge in [0.25, 0.3) is 0 Å². The van der Waals surface area contributed by atoms with Crippen LogP contribution >= 0.6 is 0 Å². The van der Waals surface area contributed by atoms with E-state index in [-0.39, 0.29) is 0 Å². The number of rotatable bonds is 4. The number of hydrogen-bond acceptors (Lipinski definition) is 3. The first-order valence-electron chi connectivity index (χ1n) is 4.69. The minimum atomic E-state index is -1.48. The van der Waals surface area contributed by atoms with Crippen LogP contribution in [0.15, 0.2) is 53.2 Å². The van der Waals surface area contributed by atoms with Crippen LogP contribution in [0.3, 0.4) is 0 Å². The Kier molecular flexibility index (Phi) is 4.50. The van der Waals surface area contributed by atoms with Gasteiger partial charge in [0, 0.05) is 5.18 Å². The van der Waals surface area contributed by atoms with Crippen LogP contribution in [0.1, 0.15) is 5.56 Å². The van der Waals surface area contributed by atoms with Crippen LogP contribution in [0.4, 0.5) is 0 Å². The summed E-state index contributed by atoms with van der Waals surface area (Å²) in [5.41, 5.74) is 0.187. The molecule has 86 valence electrons. The van der Waals surface area contributed by atoms with Crippen LogP contribution in [0.5, 0.6) is 0 Å². The van der Waals surface area contributed by atoms with E-state index in [4.69, 9.17) is 5.11 Å². The molecule has 0 bridgehead atoms. The Hall–Kier alpha value is -2.56. The average Bonchev–Trinajstić information content (AvgIpc) is 2.34. The first-order valence-corrected chi connectivity index (χ1v) is 4.69. The highest BCUT2D eigenvalue weighted by Crippen LogP contribution is 2.03. The molecule has 1 rings (SSSR count). The van der Waals surface area contributed by atoms with Gasteiger partial charge in [-0.05, 0) is 11.6 Å². The molecule has 0 aliphatic heterocycles.